The standard InChI is InChI=1S/C15H18N4O2/c1-11-7-8-18(14(11)15(20)21)10-12-9-16-19(17-12)13-5-3-2-4-6-13/h2-6,9,11,14H,7-8,10H2,1H3,(H,20,21). The molecule has 21 heavy (non-hydrogen) atoms. The first-order valence-corrected chi connectivity index (χ1v) is 7.08. The second-order valence-corrected chi connectivity index (χ2v) is 5.48. The van der Waals surface area contributed by atoms with Crippen LogP contribution in [0.1, 0.15) is 19.0 Å². The fraction of sp³-hybridized carbons (Fsp3) is 0.400. The molecule has 0 aliphatic carbocycles. The second kappa shape index (κ2) is 5.65. The summed E-state index contributed by atoms with van der Waals surface area (Å²) in [5.41, 5.74) is 1.69. The smallest absolute Gasteiger partial charge is 0.321 e. The number of carboxylic acid groups (broad SMARTS) is 1. The van der Waals surface area contributed by atoms with Gasteiger partial charge in [-0.3, -0.25) is 9.69 Å². The van der Waals surface area contributed by atoms with Crippen molar-refractivity contribution in [3.05, 3.63) is 42.2 Å². The quantitative estimate of drug-likeness (QED) is 0.923. The van der Waals surface area contributed by atoms with Crippen molar-refractivity contribution in [1.82, 2.24) is 19.9 Å². The molecule has 2 atom stereocenters. The van der Waals surface area contributed by atoms with Gasteiger partial charge in [-0.2, -0.15) is 15.0 Å². The molecule has 110 valence electrons. The number of aliphatic carboxylic acids is 1. The molecule has 1 N–H and O–H groups in total. The van der Waals surface area contributed by atoms with E-state index in [0.29, 0.717) is 6.54 Å². The number of carbonyl (C=O) groups is 1. The van der Waals surface area contributed by atoms with Crippen LogP contribution in [0.3, 0.4) is 0 Å². The van der Waals surface area contributed by atoms with Gasteiger partial charge in [-0.25, -0.2) is 0 Å². The zero-order chi connectivity index (χ0) is 14.8. The Morgan fingerprint density at radius 2 is 2.14 bits per heavy atom. The first-order valence-electron chi connectivity index (χ1n) is 7.08. The van der Waals surface area contributed by atoms with Crippen molar-refractivity contribution in [2.24, 2.45) is 5.92 Å². The summed E-state index contributed by atoms with van der Waals surface area (Å²) in [4.78, 5) is 14.9. The Morgan fingerprint density at radius 3 is 2.86 bits per heavy atom. The number of hydrogen-bond donors (Lipinski definition) is 1. The molecule has 3 rings (SSSR count). The Hall–Kier alpha value is -2.21. The van der Waals surface area contributed by atoms with Gasteiger partial charge in [-0.15, -0.1) is 0 Å². The summed E-state index contributed by atoms with van der Waals surface area (Å²) >= 11 is 0. The normalized spacial score (nSPS) is 22.5. The van der Waals surface area contributed by atoms with Gasteiger partial charge in [0.05, 0.1) is 17.6 Å². The van der Waals surface area contributed by atoms with Gasteiger partial charge in [0.15, 0.2) is 0 Å². The Balaban J connectivity index is 1.74. The van der Waals surface area contributed by atoms with Gasteiger partial charge in [-0.1, -0.05) is 25.1 Å². The number of para-hydroxylation sites is 1. The van der Waals surface area contributed by atoms with Gasteiger partial charge in [0.25, 0.3) is 0 Å². The molecule has 0 saturated carbocycles. The van der Waals surface area contributed by atoms with Crippen molar-refractivity contribution in [2.75, 3.05) is 6.54 Å². The molecule has 1 aliphatic rings. The van der Waals surface area contributed by atoms with E-state index in [1.165, 1.54) is 0 Å². The monoisotopic (exact) mass is 286 g/mol. The minimum Gasteiger partial charge on any atom is -0.480 e. The van der Waals surface area contributed by atoms with E-state index in [-0.39, 0.29) is 5.92 Å². The van der Waals surface area contributed by atoms with Crippen LogP contribution in [0, 0.1) is 5.92 Å². The molecular weight excluding hydrogens is 268 g/mol. The molecule has 0 amide bonds. The first-order chi connectivity index (χ1) is 10.1. The predicted molar refractivity (Wildman–Crippen MR) is 77.0 cm³/mol. The van der Waals surface area contributed by atoms with E-state index in [1.807, 2.05) is 42.2 Å². The molecule has 1 aromatic heterocycles. The lowest BCUT2D eigenvalue weighted by molar-refractivity contribution is -0.143. The zero-order valence-corrected chi connectivity index (χ0v) is 11.9. The molecule has 2 heterocycles. The maximum Gasteiger partial charge on any atom is 0.321 e. The summed E-state index contributed by atoms with van der Waals surface area (Å²) in [6.45, 7) is 3.30. The second-order valence-electron chi connectivity index (χ2n) is 5.48. The highest BCUT2D eigenvalue weighted by Gasteiger charge is 2.36. The highest BCUT2D eigenvalue weighted by atomic mass is 16.4. The molecule has 0 bridgehead atoms. The summed E-state index contributed by atoms with van der Waals surface area (Å²) in [6, 6.07) is 9.24. The summed E-state index contributed by atoms with van der Waals surface area (Å²) in [7, 11) is 0. The van der Waals surface area contributed by atoms with E-state index in [4.69, 9.17) is 0 Å². The van der Waals surface area contributed by atoms with Crippen molar-refractivity contribution in [3.8, 4) is 5.69 Å². The number of benzene rings is 1. The largest absolute Gasteiger partial charge is 0.480 e. The Labute approximate surface area is 123 Å². The molecule has 6 nitrogen and oxygen atoms in total. The van der Waals surface area contributed by atoms with Gasteiger partial charge in [0.2, 0.25) is 0 Å². The van der Waals surface area contributed by atoms with Crippen molar-refractivity contribution in [2.45, 2.75) is 25.9 Å². The van der Waals surface area contributed by atoms with Crippen LogP contribution in [-0.4, -0.2) is 43.6 Å². The van der Waals surface area contributed by atoms with Crippen LogP contribution in [0.25, 0.3) is 5.69 Å². The number of carboxylic acids is 1. The van der Waals surface area contributed by atoms with E-state index in [0.717, 1.165) is 24.3 Å². The van der Waals surface area contributed by atoms with Gasteiger partial charge in [0, 0.05) is 6.54 Å². The third kappa shape index (κ3) is 2.80. The van der Waals surface area contributed by atoms with E-state index in [9.17, 15) is 9.90 Å². The fourth-order valence-electron chi connectivity index (χ4n) is 2.86. The molecule has 1 fully saturated rings. The summed E-state index contributed by atoms with van der Waals surface area (Å²) in [5.74, 6) is -0.581. The zero-order valence-electron chi connectivity index (χ0n) is 11.9. The maximum atomic E-state index is 11.4. The SMILES string of the molecule is CC1CCN(Cc2cnn(-c3ccccc3)n2)C1C(=O)O. The third-order valence-corrected chi connectivity index (χ3v) is 3.95. The lowest BCUT2D eigenvalue weighted by Gasteiger charge is -2.21. The molecule has 0 spiro atoms. The molecule has 1 aliphatic heterocycles. The molecule has 6 heteroatoms. The predicted octanol–water partition coefficient (Wildman–Crippen LogP) is 1.56. The van der Waals surface area contributed by atoms with E-state index in [1.54, 1.807) is 11.0 Å². The summed E-state index contributed by atoms with van der Waals surface area (Å²) in [6.07, 6.45) is 2.61. The Bertz CT molecular complexity index is 626. The highest BCUT2D eigenvalue weighted by Crippen LogP contribution is 2.25. The number of aromatic nitrogens is 3. The van der Waals surface area contributed by atoms with Gasteiger partial charge in [0.1, 0.15) is 6.04 Å². The molecule has 2 unspecified atom stereocenters. The van der Waals surface area contributed by atoms with Crippen molar-refractivity contribution < 1.29 is 9.90 Å². The van der Waals surface area contributed by atoms with Crippen LogP contribution < -0.4 is 0 Å². The number of nitrogens with zero attached hydrogens (tertiary/aromatic N) is 4. The fourth-order valence-corrected chi connectivity index (χ4v) is 2.86. The summed E-state index contributed by atoms with van der Waals surface area (Å²) in [5, 5.41) is 18.0. The third-order valence-electron chi connectivity index (χ3n) is 3.95. The number of likely N-dealkylation sites (tertiary alicyclic amines) is 1. The van der Waals surface area contributed by atoms with E-state index >= 15 is 0 Å². The van der Waals surface area contributed by atoms with E-state index < -0.39 is 12.0 Å². The first kappa shape index (κ1) is 13.8. The minimum atomic E-state index is -0.754. The van der Waals surface area contributed by atoms with Crippen LogP contribution in [0.4, 0.5) is 0 Å². The number of hydrogen-bond acceptors (Lipinski definition) is 4. The van der Waals surface area contributed by atoms with Crippen LogP contribution in [0.2, 0.25) is 0 Å². The van der Waals surface area contributed by atoms with Crippen LogP contribution in [0.15, 0.2) is 36.5 Å². The Morgan fingerprint density at radius 1 is 1.38 bits per heavy atom. The van der Waals surface area contributed by atoms with Gasteiger partial charge < -0.3 is 5.11 Å². The summed E-state index contributed by atoms with van der Waals surface area (Å²) < 4.78 is 0. The topological polar surface area (TPSA) is 71.2 Å². The minimum absolute atomic E-state index is 0.173. The molecule has 1 saturated heterocycles. The average Bonchev–Trinajstić information content (AvgIpc) is 3.07. The van der Waals surface area contributed by atoms with Crippen LogP contribution >= 0.6 is 0 Å². The molecule has 1 aromatic carbocycles. The lowest BCUT2D eigenvalue weighted by Crippen LogP contribution is -2.38. The maximum absolute atomic E-state index is 11.4. The lowest BCUT2D eigenvalue weighted by atomic mass is 10.0. The van der Waals surface area contributed by atoms with Crippen LogP contribution in [-0.2, 0) is 11.3 Å². The van der Waals surface area contributed by atoms with Gasteiger partial charge >= 0.3 is 5.97 Å². The number of rotatable bonds is 4. The molecular formula is C15H18N4O2. The van der Waals surface area contributed by atoms with Crippen molar-refractivity contribution in [1.29, 1.82) is 0 Å². The van der Waals surface area contributed by atoms with Crippen molar-refractivity contribution in [3.63, 3.8) is 0 Å². The van der Waals surface area contributed by atoms with Crippen molar-refractivity contribution >= 4 is 5.97 Å². The van der Waals surface area contributed by atoms with Crippen LogP contribution in [0.5, 0.6) is 0 Å². The molecule has 2 aromatic rings. The van der Waals surface area contributed by atoms with E-state index in [2.05, 4.69) is 10.2 Å². The highest BCUT2D eigenvalue weighted by molar-refractivity contribution is 5.74. The van der Waals surface area contributed by atoms with Gasteiger partial charge in [-0.05, 0) is 31.0 Å². The average molecular weight is 286 g/mol. The Kier molecular flexibility index (Phi) is 3.70. The molecule has 0 radical (unpaired) electrons.